The van der Waals surface area contributed by atoms with Gasteiger partial charge in [-0.2, -0.15) is 0 Å². The largest absolute Gasteiger partial charge is 0.352 e. The van der Waals surface area contributed by atoms with Crippen LogP contribution >= 0.6 is 0 Å². The average molecular weight is 652 g/mol. The molecule has 47 heavy (non-hydrogen) atoms. The number of carbonyl (C=O) groups is 2. The van der Waals surface area contributed by atoms with Crippen molar-refractivity contribution < 1.29 is 18.0 Å². The van der Waals surface area contributed by atoms with Crippen LogP contribution in [0.2, 0.25) is 0 Å². The summed E-state index contributed by atoms with van der Waals surface area (Å²) in [5.41, 5.74) is 5.95. The molecule has 1 unspecified atom stereocenters. The number of rotatable bonds is 12. The van der Waals surface area contributed by atoms with E-state index in [-0.39, 0.29) is 23.4 Å². The Morgan fingerprint density at radius 1 is 0.745 bits per heavy atom. The van der Waals surface area contributed by atoms with Crippen molar-refractivity contribution in [3.05, 3.63) is 130 Å². The standard InChI is InChI=1S/C39H45N3O4S/c1-28-14-18-33(19-15-28)26-41(37(25-32-10-6-5-7-11-32)39(44)40-34-12-8-9-13-34)38(43)27-42(35-23-30(3)22-31(4)24-35)47(45,46)36-20-16-29(2)17-21-36/h5-7,10-11,14-24,34,37H,8-9,12-13,25-27H2,1-4H3,(H,40,44). The normalized spacial score (nSPS) is 14.0. The Bertz CT molecular complexity index is 1760. The summed E-state index contributed by atoms with van der Waals surface area (Å²) in [6, 6.07) is 28.9. The van der Waals surface area contributed by atoms with Gasteiger partial charge in [-0.3, -0.25) is 13.9 Å². The minimum atomic E-state index is -4.15. The van der Waals surface area contributed by atoms with E-state index in [4.69, 9.17) is 0 Å². The summed E-state index contributed by atoms with van der Waals surface area (Å²) in [4.78, 5) is 30.5. The van der Waals surface area contributed by atoms with E-state index in [9.17, 15) is 18.0 Å². The first-order chi connectivity index (χ1) is 22.5. The second-order valence-electron chi connectivity index (χ2n) is 12.9. The highest BCUT2D eigenvalue weighted by Gasteiger charge is 2.35. The monoisotopic (exact) mass is 651 g/mol. The van der Waals surface area contributed by atoms with Crippen LogP contribution in [0.3, 0.4) is 0 Å². The molecule has 2 amide bonds. The Morgan fingerprint density at radius 3 is 1.91 bits per heavy atom. The molecule has 4 aromatic rings. The number of anilines is 1. The summed E-state index contributed by atoms with van der Waals surface area (Å²) in [5.74, 6) is -0.677. The first-order valence-corrected chi connectivity index (χ1v) is 17.8. The first-order valence-electron chi connectivity index (χ1n) is 16.4. The van der Waals surface area contributed by atoms with E-state index in [1.165, 1.54) is 4.31 Å². The number of nitrogens with one attached hydrogen (secondary N) is 1. The third-order valence-electron chi connectivity index (χ3n) is 8.83. The smallest absolute Gasteiger partial charge is 0.264 e. The molecule has 0 spiro atoms. The van der Waals surface area contributed by atoms with Crippen LogP contribution in [-0.2, 0) is 32.6 Å². The highest BCUT2D eigenvalue weighted by atomic mass is 32.2. The summed E-state index contributed by atoms with van der Waals surface area (Å²) < 4.78 is 29.8. The summed E-state index contributed by atoms with van der Waals surface area (Å²) in [5, 5.41) is 3.23. The number of sulfonamides is 1. The second-order valence-corrected chi connectivity index (χ2v) is 14.7. The molecule has 0 heterocycles. The lowest BCUT2D eigenvalue weighted by Crippen LogP contribution is -2.54. The average Bonchev–Trinajstić information content (AvgIpc) is 3.55. The number of aryl methyl sites for hydroxylation is 4. The molecule has 4 aromatic carbocycles. The van der Waals surface area contributed by atoms with E-state index in [0.717, 1.165) is 59.1 Å². The molecule has 0 aromatic heterocycles. The van der Waals surface area contributed by atoms with Crippen LogP contribution in [0.25, 0.3) is 0 Å². The van der Waals surface area contributed by atoms with Gasteiger partial charge in [-0.15, -0.1) is 0 Å². The number of nitrogens with zero attached hydrogens (tertiary/aromatic N) is 2. The van der Waals surface area contributed by atoms with Crippen LogP contribution in [0.5, 0.6) is 0 Å². The molecule has 0 aliphatic heterocycles. The quantitative estimate of drug-likeness (QED) is 0.182. The lowest BCUT2D eigenvalue weighted by atomic mass is 10.0. The van der Waals surface area contributed by atoms with Gasteiger partial charge >= 0.3 is 0 Å². The molecule has 1 aliphatic rings. The van der Waals surface area contributed by atoms with E-state index in [2.05, 4.69) is 5.32 Å². The molecule has 0 radical (unpaired) electrons. The third-order valence-corrected chi connectivity index (χ3v) is 10.6. The molecule has 246 valence electrons. The van der Waals surface area contributed by atoms with Crippen molar-refractivity contribution in [3.63, 3.8) is 0 Å². The maximum absolute atomic E-state index is 14.7. The van der Waals surface area contributed by atoms with Crippen molar-refractivity contribution in [2.75, 3.05) is 10.8 Å². The lowest BCUT2D eigenvalue weighted by molar-refractivity contribution is -0.140. The maximum Gasteiger partial charge on any atom is 0.264 e. The molecule has 5 rings (SSSR count). The molecule has 8 heteroatoms. The summed E-state index contributed by atoms with van der Waals surface area (Å²) >= 11 is 0. The Kier molecular flexibility index (Phi) is 10.8. The van der Waals surface area contributed by atoms with Gasteiger partial charge in [-0.25, -0.2) is 8.42 Å². The SMILES string of the molecule is Cc1ccc(CN(C(=O)CN(c2cc(C)cc(C)c2)S(=O)(=O)c2ccc(C)cc2)C(Cc2ccccc2)C(=O)NC2CCCC2)cc1. The lowest BCUT2D eigenvalue weighted by Gasteiger charge is -2.34. The van der Waals surface area contributed by atoms with E-state index < -0.39 is 28.5 Å². The van der Waals surface area contributed by atoms with E-state index in [1.807, 2.05) is 88.4 Å². The molecule has 7 nitrogen and oxygen atoms in total. The van der Waals surface area contributed by atoms with Crippen molar-refractivity contribution in [1.82, 2.24) is 10.2 Å². The molecular formula is C39H45N3O4S. The summed E-state index contributed by atoms with van der Waals surface area (Å²) in [6.45, 7) is 7.39. The fraction of sp³-hybridized carbons (Fsp3) is 0.333. The maximum atomic E-state index is 14.7. The van der Waals surface area contributed by atoms with Crippen LogP contribution in [-0.4, -0.2) is 43.8 Å². The van der Waals surface area contributed by atoms with Crippen LogP contribution < -0.4 is 9.62 Å². The zero-order valence-electron chi connectivity index (χ0n) is 27.8. The fourth-order valence-electron chi connectivity index (χ4n) is 6.27. The molecule has 0 bridgehead atoms. The van der Waals surface area contributed by atoms with E-state index >= 15 is 0 Å². The third kappa shape index (κ3) is 8.69. The molecule has 1 fully saturated rings. The minimum Gasteiger partial charge on any atom is -0.352 e. The predicted octanol–water partition coefficient (Wildman–Crippen LogP) is 6.81. The van der Waals surface area contributed by atoms with Crippen molar-refractivity contribution in [1.29, 1.82) is 0 Å². The van der Waals surface area contributed by atoms with Gasteiger partial charge in [-0.1, -0.05) is 96.8 Å². The highest BCUT2D eigenvalue weighted by molar-refractivity contribution is 7.92. The number of hydrogen-bond acceptors (Lipinski definition) is 4. The van der Waals surface area contributed by atoms with Crippen LogP contribution in [0.4, 0.5) is 5.69 Å². The topological polar surface area (TPSA) is 86.8 Å². The van der Waals surface area contributed by atoms with Crippen molar-refractivity contribution in [2.45, 2.75) is 83.3 Å². The van der Waals surface area contributed by atoms with E-state index in [0.29, 0.717) is 12.1 Å². The van der Waals surface area contributed by atoms with Crippen molar-refractivity contribution >= 4 is 27.5 Å². The molecule has 1 aliphatic carbocycles. The molecule has 1 N–H and O–H groups in total. The van der Waals surface area contributed by atoms with Gasteiger partial charge in [0.25, 0.3) is 10.0 Å². The number of amides is 2. The van der Waals surface area contributed by atoms with Gasteiger partial charge in [0, 0.05) is 19.0 Å². The zero-order valence-corrected chi connectivity index (χ0v) is 28.6. The van der Waals surface area contributed by atoms with Gasteiger partial charge < -0.3 is 10.2 Å². The number of hydrogen-bond donors (Lipinski definition) is 1. The zero-order chi connectivity index (χ0) is 33.6. The van der Waals surface area contributed by atoms with Gasteiger partial charge in [0.05, 0.1) is 10.6 Å². The van der Waals surface area contributed by atoms with Gasteiger partial charge in [0.2, 0.25) is 11.8 Å². The first kappa shape index (κ1) is 33.9. The van der Waals surface area contributed by atoms with Crippen LogP contribution in [0.15, 0.2) is 102 Å². The number of benzene rings is 4. The molecule has 1 atom stereocenters. The van der Waals surface area contributed by atoms with Gasteiger partial charge in [-0.05, 0) is 87.1 Å². The predicted molar refractivity (Wildman–Crippen MR) is 188 cm³/mol. The second kappa shape index (κ2) is 15.0. The number of carbonyl (C=O) groups excluding carboxylic acids is 2. The van der Waals surface area contributed by atoms with Crippen LogP contribution in [0, 0.1) is 27.7 Å². The Hall–Kier alpha value is -4.43. The minimum absolute atomic E-state index is 0.0609. The van der Waals surface area contributed by atoms with Gasteiger partial charge in [0.1, 0.15) is 12.6 Å². The molecule has 1 saturated carbocycles. The Balaban J connectivity index is 1.58. The van der Waals surface area contributed by atoms with Gasteiger partial charge in [0.15, 0.2) is 0 Å². The Labute approximate surface area is 279 Å². The van der Waals surface area contributed by atoms with Crippen LogP contribution in [0.1, 0.15) is 59.1 Å². The van der Waals surface area contributed by atoms with Crippen molar-refractivity contribution in [2.24, 2.45) is 0 Å². The summed E-state index contributed by atoms with van der Waals surface area (Å²) in [6.07, 6.45) is 4.23. The molecular weight excluding hydrogens is 607 g/mol. The fourth-order valence-corrected chi connectivity index (χ4v) is 7.67. The molecule has 0 saturated heterocycles. The van der Waals surface area contributed by atoms with Crippen molar-refractivity contribution in [3.8, 4) is 0 Å². The Morgan fingerprint density at radius 2 is 1.32 bits per heavy atom. The van der Waals surface area contributed by atoms with E-state index in [1.54, 1.807) is 41.3 Å². The summed E-state index contributed by atoms with van der Waals surface area (Å²) in [7, 11) is -4.15. The highest BCUT2D eigenvalue weighted by Crippen LogP contribution is 2.28.